The number of carbonyl (C=O) groups excluding carboxylic acids is 1. The number of nitriles is 2. The molecule has 1 amide bonds. The quantitative estimate of drug-likeness (QED) is 0.522. The molecule has 10 heteroatoms. The van der Waals surface area contributed by atoms with Crippen LogP contribution in [0.3, 0.4) is 0 Å². The number of halogens is 1. The molecule has 0 aromatic carbocycles. The summed E-state index contributed by atoms with van der Waals surface area (Å²) in [6.07, 6.45) is 2.62. The van der Waals surface area contributed by atoms with Crippen LogP contribution in [-0.2, 0) is 11.2 Å². The van der Waals surface area contributed by atoms with Gasteiger partial charge in [0.25, 0.3) is 0 Å². The van der Waals surface area contributed by atoms with Crippen LogP contribution in [0, 0.1) is 28.6 Å². The van der Waals surface area contributed by atoms with Crippen LogP contribution in [0.25, 0.3) is 0 Å². The number of aromatic nitrogens is 2. The molecule has 1 saturated heterocycles. The summed E-state index contributed by atoms with van der Waals surface area (Å²) in [6, 6.07) is 7.03. The lowest BCUT2D eigenvalue weighted by Gasteiger charge is -2.25. The zero-order chi connectivity index (χ0) is 23.3. The van der Waals surface area contributed by atoms with Gasteiger partial charge in [0.2, 0.25) is 11.9 Å². The first-order valence-corrected chi connectivity index (χ1v) is 11.2. The summed E-state index contributed by atoms with van der Waals surface area (Å²) in [5, 5.41) is 19.1. The summed E-state index contributed by atoms with van der Waals surface area (Å²) in [5.41, 5.74) is 7.16. The number of carbonyl (C=O) groups is 1. The molecule has 2 aromatic rings. The van der Waals surface area contributed by atoms with Crippen LogP contribution in [0.1, 0.15) is 40.8 Å². The molecule has 8 nitrogen and oxygen atoms in total. The van der Waals surface area contributed by atoms with Crippen molar-refractivity contribution in [2.45, 2.75) is 30.0 Å². The molecule has 2 N–H and O–H groups in total. The van der Waals surface area contributed by atoms with Gasteiger partial charge in [-0.2, -0.15) is 14.9 Å². The van der Waals surface area contributed by atoms with Crippen LogP contribution in [0.2, 0.25) is 0 Å². The first kappa shape index (κ1) is 23.5. The molecule has 0 saturated carbocycles. The highest BCUT2D eigenvalue weighted by atomic mass is 32.2. The van der Waals surface area contributed by atoms with Gasteiger partial charge in [0, 0.05) is 25.8 Å². The second kappa shape index (κ2) is 10.4. The minimum Gasteiger partial charge on any atom is -0.368 e. The fourth-order valence-corrected chi connectivity index (χ4v) is 4.79. The summed E-state index contributed by atoms with van der Waals surface area (Å²) in [4.78, 5) is 24.7. The average molecular weight is 454 g/mol. The Hall–Kier alpha value is -3.21. The van der Waals surface area contributed by atoms with Gasteiger partial charge in [-0.05, 0) is 49.7 Å². The predicted molar refractivity (Wildman–Crippen MR) is 119 cm³/mol. The van der Waals surface area contributed by atoms with Crippen LogP contribution >= 0.6 is 11.8 Å². The molecule has 1 unspecified atom stereocenters. The summed E-state index contributed by atoms with van der Waals surface area (Å²) in [6.45, 7) is 5.03. The third-order valence-corrected chi connectivity index (χ3v) is 6.64. The molecule has 166 valence electrons. The molecule has 0 aliphatic carbocycles. The molecule has 3 heterocycles. The van der Waals surface area contributed by atoms with E-state index in [0.717, 1.165) is 43.9 Å². The van der Waals surface area contributed by atoms with E-state index >= 15 is 0 Å². The number of primary amides is 1. The van der Waals surface area contributed by atoms with E-state index in [2.05, 4.69) is 26.9 Å². The maximum absolute atomic E-state index is 13.7. The van der Waals surface area contributed by atoms with Crippen LogP contribution < -0.4 is 10.6 Å². The number of hydrogen-bond acceptors (Lipinski definition) is 8. The second-order valence-electron chi connectivity index (χ2n) is 7.50. The normalized spacial score (nSPS) is 15.5. The highest BCUT2D eigenvalue weighted by Crippen LogP contribution is 2.39. The molecule has 0 spiro atoms. The van der Waals surface area contributed by atoms with Gasteiger partial charge >= 0.3 is 0 Å². The molecular formula is C22H24FN7OS. The molecular weight excluding hydrogens is 429 g/mol. The number of anilines is 1. The van der Waals surface area contributed by atoms with Gasteiger partial charge in [0.15, 0.2) is 0 Å². The Morgan fingerprint density at radius 1 is 1.28 bits per heavy atom. The number of nitrogens with two attached hydrogens (primary N) is 1. The van der Waals surface area contributed by atoms with Crippen molar-refractivity contribution in [2.24, 2.45) is 5.73 Å². The first-order valence-electron chi connectivity index (χ1n) is 10.3. The lowest BCUT2D eigenvalue weighted by molar-refractivity contribution is -0.117. The van der Waals surface area contributed by atoms with Crippen molar-refractivity contribution < 1.29 is 9.18 Å². The van der Waals surface area contributed by atoms with Crippen molar-refractivity contribution >= 4 is 23.5 Å². The SMILES string of the molecule is CCc1c(C#N)c(SC(C(N)=O)c2ccnc(F)c2)nc(N2CCCN(C)CC2)c1C#N. The predicted octanol–water partition coefficient (Wildman–Crippen LogP) is 2.38. The number of amides is 1. The van der Waals surface area contributed by atoms with Crippen molar-refractivity contribution in [3.8, 4) is 12.1 Å². The molecule has 1 fully saturated rings. The number of pyridine rings is 2. The molecule has 3 rings (SSSR count). The van der Waals surface area contributed by atoms with E-state index in [4.69, 9.17) is 10.7 Å². The molecule has 1 atom stereocenters. The minimum atomic E-state index is -0.965. The van der Waals surface area contributed by atoms with Crippen LogP contribution in [0.4, 0.5) is 10.2 Å². The van der Waals surface area contributed by atoms with Crippen LogP contribution in [0.5, 0.6) is 0 Å². The van der Waals surface area contributed by atoms with Crippen molar-refractivity contribution in [3.63, 3.8) is 0 Å². The zero-order valence-corrected chi connectivity index (χ0v) is 18.8. The fraction of sp³-hybridized carbons (Fsp3) is 0.409. The number of hydrogen-bond donors (Lipinski definition) is 1. The first-order chi connectivity index (χ1) is 15.4. The Morgan fingerprint density at radius 2 is 2.03 bits per heavy atom. The summed E-state index contributed by atoms with van der Waals surface area (Å²) < 4.78 is 13.7. The Morgan fingerprint density at radius 3 is 2.66 bits per heavy atom. The second-order valence-corrected chi connectivity index (χ2v) is 8.60. The number of nitrogens with zero attached hydrogens (tertiary/aromatic N) is 6. The van der Waals surface area contributed by atoms with E-state index in [0.29, 0.717) is 40.5 Å². The van der Waals surface area contributed by atoms with Gasteiger partial charge in [-0.15, -0.1) is 0 Å². The van der Waals surface area contributed by atoms with Gasteiger partial charge in [-0.3, -0.25) is 4.79 Å². The number of rotatable bonds is 6. The van der Waals surface area contributed by atoms with Gasteiger partial charge in [-0.25, -0.2) is 9.97 Å². The molecule has 1 aliphatic rings. The van der Waals surface area contributed by atoms with E-state index in [1.807, 2.05) is 14.0 Å². The molecule has 0 bridgehead atoms. The van der Waals surface area contributed by atoms with Crippen molar-refractivity contribution in [3.05, 3.63) is 46.5 Å². The summed E-state index contributed by atoms with van der Waals surface area (Å²) in [5.74, 6) is -0.914. The summed E-state index contributed by atoms with van der Waals surface area (Å²) in [7, 11) is 2.05. The maximum atomic E-state index is 13.7. The average Bonchev–Trinajstić information content (AvgIpc) is 3.00. The molecule has 32 heavy (non-hydrogen) atoms. The topological polar surface area (TPSA) is 123 Å². The zero-order valence-electron chi connectivity index (χ0n) is 18.0. The smallest absolute Gasteiger partial charge is 0.235 e. The third kappa shape index (κ3) is 4.98. The van der Waals surface area contributed by atoms with Crippen molar-refractivity contribution in [2.75, 3.05) is 38.1 Å². The highest BCUT2D eigenvalue weighted by Gasteiger charge is 2.28. The fourth-order valence-electron chi connectivity index (χ4n) is 3.74. The van der Waals surface area contributed by atoms with Crippen LogP contribution in [-0.4, -0.2) is 54.0 Å². The highest BCUT2D eigenvalue weighted by molar-refractivity contribution is 8.00. The largest absolute Gasteiger partial charge is 0.368 e. The molecule has 2 aromatic heterocycles. The minimum absolute atomic E-state index is 0.241. The lowest BCUT2D eigenvalue weighted by Crippen LogP contribution is -2.30. The monoisotopic (exact) mass is 453 g/mol. The van der Waals surface area contributed by atoms with Gasteiger partial charge in [-0.1, -0.05) is 18.7 Å². The Labute approximate surface area is 190 Å². The number of thioether (sulfide) groups is 1. The standard InChI is InChI=1S/C22H24FN7OS/c1-3-15-16(12-24)21(30-8-4-7-29(2)9-10-30)28-22(17(15)13-25)32-19(20(26)31)14-5-6-27-18(23)11-14/h5-6,11,19H,3-4,7-10H2,1-2H3,(H2,26,31). The van der Waals surface area contributed by atoms with Gasteiger partial charge in [0.05, 0.1) is 11.1 Å². The molecule has 0 radical (unpaired) electrons. The van der Waals surface area contributed by atoms with E-state index in [1.54, 1.807) is 0 Å². The Balaban J connectivity index is 2.13. The Bertz CT molecular complexity index is 1090. The summed E-state index contributed by atoms with van der Waals surface area (Å²) >= 11 is 0.993. The Kier molecular flexibility index (Phi) is 7.62. The van der Waals surface area contributed by atoms with Crippen molar-refractivity contribution in [1.82, 2.24) is 14.9 Å². The number of likely N-dealkylation sites (N-methyl/N-ethyl adjacent to an activating group) is 1. The van der Waals surface area contributed by atoms with E-state index in [-0.39, 0.29) is 5.56 Å². The lowest BCUT2D eigenvalue weighted by atomic mass is 10.0. The van der Waals surface area contributed by atoms with Crippen LogP contribution in [0.15, 0.2) is 23.4 Å². The maximum Gasteiger partial charge on any atom is 0.235 e. The molecule has 1 aliphatic heterocycles. The van der Waals surface area contributed by atoms with Gasteiger partial charge < -0.3 is 15.5 Å². The van der Waals surface area contributed by atoms with Gasteiger partial charge in [0.1, 0.15) is 28.2 Å². The van der Waals surface area contributed by atoms with E-state index in [1.165, 1.54) is 12.3 Å². The van der Waals surface area contributed by atoms with E-state index < -0.39 is 17.1 Å². The van der Waals surface area contributed by atoms with E-state index in [9.17, 15) is 19.7 Å². The third-order valence-electron chi connectivity index (χ3n) is 5.39. The van der Waals surface area contributed by atoms with Crippen molar-refractivity contribution in [1.29, 1.82) is 10.5 Å².